The zero-order chi connectivity index (χ0) is 18.8. The van der Waals surface area contributed by atoms with Crippen LogP contribution in [0.2, 0.25) is 0 Å². The average Bonchev–Trinajstić information content (AvgIpc) is 3.13. The molecule has 0 radical (unpaired) electrons. The summed E-state index contributed by atoms with van der Waals surface area (Å²) in [5.41, 5.74) is -0.432. The first-order valence-corrected chi connectivity index (χ1v) is 7.70. The Hall–Kier alpha value is -2.78. The molecule has 0 unspecified atom stereocenters. The molecule has 3 heterocycles. The van der Waals surface area contributed by atoms with Gasteiger partial charge >= 0.3 is 0 Å². The Labute approximate surface area is 147 Å². The topological polar surface area (TPSA) is 152 Å². The highest BCUT2D eigenvalue weighted by atomic mass is 16.6. The third-order valence-corrected chi connectivity index (χ3v) is 3.85. The standard InChI is InChI=1S/C15H17N5O6/c1-3-4-25-11-10(23)8(5-21)26-14(11)20-6-16-9-12(20)18-15(17-7(2)22)19-13(9)24/h1,6,8,10-11,14,21,23H,4-5H2,2H3,(H2,17,18,19,22,24)/t8-,10+,11-,14-/m1/s1. The van der Waals surface area contributed by atoms with E-state index in [9.17, 15) is 19.8 Å². The van der Waals surface area contributed by atoms with E-state index in [4.69, 9.17) is 15.9 Å². The maximum Gasteiger partial charge on any atom is 0.280 e. The van der Waals surface area contributed by atoms with E-state index in [2.05, 4.69) is 26.2 Å². The molecule has 1 fully saturated rings. The summed E-state index contributed by atoms with van der Waals surface area (Å²) < 4.78 is 12.5. The second-order valence-electron chi connectivity index (χ2n) is 5.64. The highest BCUT2D eigenvalue weighted by Gasteiger charge is 2.45. The number of terminal acetylenes is 1. The van der Waals surface area contributed by atoms with E-state index in [1.165, 1.54) is 17.8 Å². The molecular weight excluding hydrogens is 346 g/mol. The molecule has 0 spiro atoms. The molecule has 138 valence electrons. The van der Waals surface area contributed by atoms with Crippen LogP contribution < -0.4 is 10.9 Å². The molecule has 1 saturated heterocycles. The van der Waals surface area contributed by atoms with Crippen LogP contribution in [0.4, 0.5) is 5.95 Å². The first-order valence-electron chi connectivity index (χ1n) is 7.70. The van der Waals surface area contributed by atoms with Crippen LogP contribution in [-0.4, -0.2) is 67.2 Å². The molecule has 3 rings (SSSR count). The second-order valence-corrected chi connectivity index (χ2v) is 5.64. The Morgan fingerprint density at radius 3 is 3.04 bits per heavy atom. The number of fused-ring (bicyclic) bond motifs is 1. The molecule has 0 aromatic carbocycles. The monoisotopic (exact) mass is 363 g/mol. The van der Waals surface area contributed by atoms with Crippen molar-refractivity contribution >= 4 is 23.0 Å². The second kappa shape index (κ2) is 7.22. The van der Waals surface area contributed by atoms with Gasteiger partial charge in [0.15, 0.2) is 17.4 Å². The fraction of sp³-hybridized carbons (Fsp3) is 0.467. The van der Waals surface area contributed by atoms with Gasteiger partial charge in [0.05, 0.1) is 12.9 Å². The van der Waals surface area contributed by atoms with Crippen LogP contribution in [0.15, 0.2) is 11.1 Å². The van der Waals surface area contributed by atoms with Crippen molar-refractivity contribution in [1.29, 1.82) is 0 Å². The third-order valence-electron chi connectivity index (χ3n) is 3.85. The lowest BCUT2D eigenvalue weighted by Crippen LogP contribution is -2.35. The lowest BCUT2D eigenvalue weighted by atomic mass is 10.1. The van der Waals surface area contributed by atoms with Crippen molar-refractivity contribution in [2.24, 2.45) is 0 Å². The first kappa shape index (κ1) is 18.0. The summed E-state index contributed by atoms with van der Waals surface area (Å²) in [5, 5.41) is 22.0. The van der Waals surface area contributed by atoms with Crippen molar-refractivity contribution in [2.75, 3.05) is 18.5 Å². The number of ether oxygens (including phenoxy) is 2. The number of aliphatic hydroxyl groups excluding tert-OH is 2. The zero-order valence-corrected chi connectivity index (χ0v) is 13.7. The fourth-order valence-electron chi connectivity index (χ4n) is 2.76. The minimum atomic E-state index is -1.15. The van der Waals surface area contributed by atoms with Crippen LogP contribution in [0.25, 0.3) is 11.2 Å². The Kier molecular flexibility index (Phi) is 5.01. The lowest BCUT2D eigenvalue weighted by Gasteiger charge is -2.21. The van der Waals surface area contributed by atoms with Gasteiger partial charge in [0.2, 0.25) is 11.9 Å². The number of anilines is 1. The summed E-state index contributed by atoms with van der Waals surface area (Å²) in [5.74, 6) is 1.82. The quantitative estimate of drug-likeness (QED) is 0.461. The molecule has 1 aliphatic rings. The van der Waals surface area contributed by atoms with Gasteiger partial charge in [-0.05, 0) is 0 Å². The minimum absolute atomic E-state index is 0.0142. The van der Waals surface area contributed by atoms with Gasteiger partial charge in [0.25, 0.3) is 5.56 Å². The summed E-state index contributed by atoms with van der Waals surface area (Å²) in [6, 6.07) is 0. The fourth-order valence-corrected chi connectivity index (χ4v) is 2.76. The number of aromatic nitrogens is 4. The smallest absolute Gasteiger partial charge is 0.280 e. The van der Waals surface area contributed by atoms with E-state index < -0.39 is 42.6 Å². The number of nitrogens with one attached hydrogen (secondary N) is 2. The SMILES string of the molecule is C#CCO[C@@H]1[C@@H](O)[C@@H](CO)O[C@H]1n1cnc2c(=O)[nH]c(NC(C)=O)nc21. The molecule has 11 nitrogen and oxygen atoms in total. The van der Waals surface area contributed by atoms with Crippen molar-refractivity contribution in [3.8, 4) is 12.3 Å². The van der Waals surface area contributed by atoms with Gasteiger partial charge in [-0.25, -0.2) is 4.98 Å². The first-order chi connectivity index (χ1) is 12.5. The van der Waals surface area contributed by atoms with Crippen molar-refractivity contribution < 1.29 is 24.5 Å². The molecule has 0 saturated carbocycles. The predicted molar refractivity (Wildman–Crippen MR) is 88.0 cm³/mol. The van der Waals surface area contributed by atoms with Gasteiger partial charge in [-0.15, -0.1) is 6.42 Å². The molecule has 11 heteroatoms. The molecule has 2 aromatic rings. The molecule has 0 aliphatic carbocycles. The third kappa shape index (κ3) is 3.18. The Morgan fingerprint density at radius 1 is 1.62 bits per heavy atom. The van der Waals surface area contributed by atoms with Crippen LogP contribution in [0.3, 0.4) is 0 Å². The van der Waals surface area contributed by atoms with Crippen molar-refractivity contribution in [2.45, 2.75) is 31.5 Å². The predicted octanol–water partition coefficient (Wildman–Crippen LogP) is -1.65. The summed E-state index contributed by atoms with van der Waals surface area (Å²) in [7, 11) is 0. The Bertz CT molecular complexity index is 915. The molecular formula is C15H17N5O6. The number of imidazole rings is 1. The number of aliphatic hydroxyl groups is 2. The van der Waals surface area contributed by atoms with Crippen LogP contribution in [0.5, 0.6) is 0 Å². The molecule has 0 bridgehead atoms. The highest BCUT2D eigenvalue weighted by Crippen LogP contribution is 2.33. The largest absolute Gasteiger partial charge is 0.394 e. The number of nitrogens with zero attached hydrogens (tertiary/aromatic N) is 3. The van der Waals surface area contributed by atoms with Crippen LogP contribution >= 0.6 is 0 Å². The summed E-state index contributed by atoms with van der Waals surface area (Å²) in [6.45, 7) is 0.746. The summed E-state index contributed by atoms with van der Waals surface area (Å²) >= 11 is 0. The van der Waals surface area contributed by atoms with Gasteiger partial charge < -0.3 is 19.7 Å². The van der Waals surface area contributed by atoms with E-state index in [1.807, 2.05) is 0 Å². The number of carbonyl (C=O) groups is 1. The van der Waals surface area contributed by atoms with Crippen LogP contribution in [0.1, 0.15) is 13.2 Å². The van der Waals surface area contributed by atoms with Crippen molar-refractivity contribution in [3.63, 3.8) is 0 Å². The minimum Gasteiger partial charge on any atom is -0.394 e. The zero-order valence-electron chi connectivity index (χ0n) is 13.7. The van der Waals surface area contributed by atoms with E-state index in [0.29, 0.717) is 0 Å². The lowest BCUT2D eigenvalue weighted by molar-refractivity contribution is -0.114. The summed E-state index contributed by atoms with van der Waals surface area (Å²) in [6.07, 6.45) is 2.60. The van der Waals surface area contributed by atoms with Gasteiger partial charge in [-0.1, -0.05) is 5.92 Å². The normalized spacial score (nSPS) is 25.3. The molecule has 26 heavy (non-hydrogen) atoms. The van der Waals surface area contributed by atoms with Crippen molar-refractivity contribution in [3.05, 3.63) is 16.7 Å². The maximum atomic E-state index is 12.1. The Balaban J connectivity index is 2.05. The average molecular weight is 363 g/mol. The number of aromatic amines is 1. The van der Waals surface area contributed by atoms with Crippen LogP contribution in [-0.2, 0) is 14.3 Å². The van der Waals surface area contributed by atoms with E-state index in [0.717, 1.165) is 0 Å². The number of hydrogen-bond acceptors (Lipinski definition) is 8. The van der Waals surface area contributed by atoms with Gasteiger partial charge in [0.1, 0.15) is 24.9 Å². The molecule has 2 aromatic heterocycles. The molecule has 1 aliphatic heterocycles. The summed E-state index contributed by atoms with van der Waals surface area (Å²) in [4.78, 5) is 33.9. The van der Waals surface area contributed by atoms with Crippen LogP contribution in [0, 0.1) is 12.3 Å². The number of rotatable bonds is 5. The molecule has 1 amide bonds. The van der Waals surface area contributed by atoms with E-state index in [-0.39, 0.29) is 23.7 Å². The molecule has 4 atom stereocenters. The Morgan fingerprint density at radius 2 is 2.38 bits per heavy atom. The van der Waals surface area contributed by atoms with E-state index >= 15 is 0 Å². The van der Waals surface area contributed by atoms with Gasteiger partial charge in [-0.3, -0.25) is 24.5 Å². The molecule has 4 N–H and O–H groups in total. The maximum absolute atomic E-state index is 12.1. The van der Waals surface area contributed by atoms with Gasteiger partial charge in [-0.2, -0.15) is 4.98 Å². The van der Waals surface area contributed by atoms with Crippen molar-refractivity contribution in [1.82, 2.24) is 19.5 Å². The van der Waals surface area contributed by atoms with Gasteiger partial charge in [0, 0.05) is 6.92 Å². The number of carbonyl (C=O) groups excluding carboxylic acids is 1. The number of hydrogen-bond donors (Lipinski definition) is 4. The highest BCUT2D eigenvalue weighted by molar-refractivity contribution is 5.87. The number of amides is 1. The number of H-pyrrole nitrogens is 1. The van der Waals surface area contributed by atoms with E-state index in [1.54, 1.807) is 0 Å².